The first-order chi connectivity index (χ1) is 7.59. The quantitative estimate of drug-likeness (QED) is 0.778. The third-order valence-corrected chi connectivity index (χ3v) is 3.18. The first kappa shape index (κ1) is 13.5. The van der Waals surface area contributed by atoms with Crippen molar-refractivity contribution < 1.29 is 4.79 Å². The Bertz CT molecular complexity index is 210. The van der Waals surface area contributed by atoms with Crippen LogP contribution >= 0.6 is 0 Å². The molecule has 1 aliphatic heterocycles. The van der Waals surface area contributed by atoms with Gasteiger partial charge in [-0.05, 0) is 31.7 Å². The van der Waals surface area contributed by atoms with Gasteiger partial charge >= 0.3 is 0 Å². The van der Waals surface area contributed by atoms with Crippen LogP contribution in [0.15, 0.2) is 0 Å². The average molecular weight is 226 g/mol. The maximum atomic E-state index is 11.8. The van der Waals surface area contributed by atoms with Crippen molar-refractivity contribution in [2.75, 3.05) is 20.1 Å². The summed E-state index contributed by atoms with van der Waals surface area (Å²) in [5, 5.41) is 3.48. The molecule has 16 heavy (non-hydrogen) atoms. The van der Waals surface area contributed by atoms with Gasteiger partial charge in [-0.15, -0.1) is 0 Å². The zero-order valence-corrected chi connectivity index (χ0v) is 11.0. The van der Waals surface area contributed by atoms with Gasteiger partial charge in [-0.2, -0.15) is 0 Å². The summed E-state index contributed by atoms with van der Waals surface area (Å²) in [5.74, 6) is 0.850. The molecule has 1 atom stereocenters. The summed E-state index contributed by atoms with van der Waals surface area (Å²) in [4.78, 5) is 13.7. The first-order valence-electron chi connectivity index (χ1n) is 6.57. The number of nitrogens with zero attached hydrogens (tertiary/aromatic N) is 1. The predicted molar refractivity (Wildman–Crippen MR) is 67.4 cm³/mol. The molecule has 1 unspecified atom stereocenters. The van der Waals surface area contributed by atoms with E-state index in [4.69, 9.17) is 0 Å². The lowest BCUT2D eigenvalue weighted by atomic mass is 10.0. The molecular formula is C13H26N2O. The number of hydrogen-bond acceptors (Lipinski definition) is 2. The van der Waals surface area contributed by atoms with E-state index >= 15 is 0 Å². The highest BCUT2D eigenvalue weighted by Crippen LogP contribution is 2.12. The second-order valence-electron chi connectivity index (χ2n) is 5.35. The molecule has 0 aliphatic carbocycles. The first-order valence-corrected chi connectivity index (χ1v) is 6.57. The third-order valence-electron chi connectivity index (χ3n) is 3.18. The van der Waals surface area contributed by atoms with Gasteiger partial charge < -0.3 is 10.2 Å². The minimum Gasteiger partial charge on any atom is -0.346 e. The molecule has 1 fully saturated rings. The van der Waals surface area contributed by atoms with Crippen LogP contribution in [0.3, 0.4) is 0 Å². The van der Waals surface area contributed by atoms with Crippen molar-refractivity contribution in [3.8, 4) is 0 Å². The Hall–Kier alpha value is -0.570. The van der Waals surface area contributed by atoms with Crippen LogP contribution in [0.1, 0.15) is 46.0 Å². The molecule has 1 saturated heterocycles. The summed E-state index contributed by atoms with van der Waals surface area (Å²) in [6.07, 6.45) is 5.54. The molecular weight excluding hydrogens is 200 g/mol. The molecule has 0 saturated carbocycles. The molecule has 1 rings (SSSR count). The van der Waals surface area contributed by atoms with Gasteiger partial charge in [0.15, 0.2) is 0 Å². The highest BCUT2D eigenvalue weighted by molar-refractivity contribution is 5.75. The number of amides is 1. The Labute approximate surface area is 99.6 Å². The number of piperidine rings is 1. The second-order valence-corrected chi connectivity index (χ2v) is 5.35. The van der Waals surface area contributed by atoms with Crippen molar-refractivity contribution in [2.45, 2.75) is 52.0 Å². The van der Waals surface area contributed by atoms with Crippen molar-refractivity contribution in [1.29, 1.82) is 0 Å². The van der Waals surface area contributed by atoms with Gasteiger partial charge in [-0.3, -0.25) is 4.79 Å². The molecule has 0 radical (unpaired) electrons. The Morgan fingerprint density at radius 3 is 2.75 bits per heavy atom. The Balaban J connectivity index is 2.17. The van der Waals surface area contributed by atoms with E-state index in [0.717, 1.165) is 19.5 Å². The molecule has 1 heterocycles. The van der Waals surface area contributed by atoms with Crippen molar-refractivity contribution in [3.63, 3.8) is 0 Å². The molecule has 94 valence electrons. The van der Waals surface area contributed by atoms with E-state index in [1.165, 1.54) is 19.3 Å². The van der Waals surface area contributed by atoms with Gasteiger partial charge in [0.2, 0.25) is 5.91 Å². The maximum Gasteiger partial charge on any atom is 0.222 e. The van der Waals surface area contributed by atoms with Gasteiger partial charge in [0.25, 0.3) is 0 Å². The van der Waals surface area contributed by atoms with E-state index in [-0.39, 0.29) is 0 Å². The van der Waals surface area contributed by atoms with Crippen LogP contribution in [0.4, 0.5) is 0 Å². The summed E-state index contributed by atoms with van der Waals surface area (Å²) in [7, 11) is 1.91. The summed E-state index contributed by atoms with van der Waals surface area (Å²) in [5.41, 5.74) is 0. The van der Waals surface area contributed by atoms with Crippen LogP contribution in [0.2, 0.25) is 0 Å². The number of hydrogen-bond donors (Lipinski definition) is 1. The average Bonchev–Trinajstić information content (AvgIpc) is 2.26. The van der Waals surface area contributed by atoms with Gasteiger partial charge in [0, 0.05) is 26.1 Å². The fourth-order valence-corrected chi connectivity index (χ4v) is 2.31. The normalized spacial score (nSPS) is 21.1. The Morgan fingerprint density at radius 1 is 1.44 bits per heavy atom. The van der Waals surface area contributed by atoms with E-state index in [2.05, 4.69) is 19.2 Å². The number of nitrogens with one attached hydrogen (secondary N) is 1. The van der Waals surface area contributed by atoms with Crippen LogP contribution in [0.5, 0.6) is 0 Å². The van der Waals surface area contributed by atoms with E-state index in [1.807, 2.05) is 11.9 Å². The SMILES string of the molecule is CC(C)CN(C)C(=O)CCC1CCCCN1. The predicted octanol–water partition coefficient (Wildman–Crippen LogP) is 2.02. The zero-order chi connectivity index (χ0) is 12.0. The fourth-order valence-electron chi connectivity index (χ4n) is 2.31. The van der Waals surface area contributed by atoms with E-state index in [9.17, 15) is 4.79 Å². The van der Waals surface area contributed by atoms with Gasteiger partial charge in [0.05, 0.1) is 0 Å². The fraction of sp³-hybridized carbons (Fsp3) is 0.923. The lowest BCUT2D eigenvalue weighted by Crippen LogP contribution is -2.36. The summed E-state index contributed by atoms with van der Waals surface area (Å²) >= 11 is 0. The maximum absolute atomic E-state index is 11.8. The summed E-state index contributed by atoms with van der Waals surface area (Å²) in [6.45, 7) is 6.29. The lowest BCUT2D eigenvalue weighted by Gasteiger charge is -2.25. The second kappa shape index (κ2) is 6.89. The van der Waals surface area contributed by atoms with E-state index in [1.54, 1.807) is 0 Å². The third kappa shape index (κ3) is 4.97. The smallest absolute Gasteiger partial charge is 0.222 e. The van der Waals surface area contributed by atoms with E-state index in [0.29, 0.717) is 24.3 Å². The molecule has 0 aromatic carbocycles. The van der Waals surface area contributed by atoms with Crippen LogP contribution in [-0.4, -0.2) is 37.0 Å². The zero-order valence-electron chi connectivity index (χ0n) is 11.0. The van der Waals surface area contributed by atoms with E-state index < -0.39 is 0 Å². The molecule has 1 aliphatic rings. The van der Waals surface area contributed by atoms with Crippen LogP contribution in [-0.2, 0) is 4.79 Å². The van der Waals surface area contributed by atoms with Gasteiger partial charge in [0.1, 0.15) is 0 Å². The number of rotatable bonds is 5. The summed E-state index contributed by atoms with van der Waals surface area (Å²) in [6, 6.07) is 0.574. The topological polar surface area (TPSA) is 32.3 Å². The highest BCUT2D eigenvalue weighted by atomic mass is 16.2. The largest absolute Gasteiger partial charge is 0.346 e. The molecule has 0 aromatic heterocycles. The number of carbonyl (C=O) groups excluding carboxylic acids is 1. The van der Waals surface area contributed by atoms with Crippen LogP contribution < -0.4 is 5.32 Å². The monoisotopic (exact) mass is 226 g/mol. The lowest BCUT2D eigenvalue weighted by molar-refractivity contribution is -0.130. The molecule has 0 spiro atoms. The Kier molecular flexibility index (Phi) is 5.81. The summed E-state index contributed by atoms with van der Waals surface area (Å²) < 4.78 is 0. The van der Waals surface area contributed by atoms with Crippen molar-refractivity contribution in [1.82, 2.24) is 10.2 Å². The van der Waals surface area contributed by atoms with Crippen molar-refractivity contribution >= 4 is 5.91 Å². The minimum absolute atomic E-state index is 0.293. The van der Waals surface area contributed by atoms with Crippen molar-refractivity contribution in [2.24, 2.45) is 5.92 Å². The standard InChI is InChI=1S/C13H26N2O/c1-11(2)10-15(3)13(16)8-7-12-6-4-5-9-14-12/h11-12,14H,4-10H2,1-3H3. The van der Waals surface area contributed by atoms with Gasteiger partial charge in [-0.1, -0.05) is 20.3 Å². The van der Waals surface area contributed by atoms with Gasteiger partial charge in [-0.25, -0.2) is 0 Å². The highest BCUT2D eigenvalue weighted by Gasteiger charge is 2.16. The molecule has 1 N–H and O–H groups in total. The molecule has 0 bridgehead atoms. The minimum atomic E-state index is 0.293. The molecule has 0 aromatic rings. The molecule has 3 nitrogen and oxygen atoms in total. The van der Waals surface area contributed by atoms with Crippen LogP contribution in [0.25, 0.3) is 0 Å². The van der Waals surface area contributed by atoms with Crippen LogP contribution in [0, 0.1) is 5.92 Å². The van der Waals surface area contributed by atoms with Crippen molar-refractivity contribution in [3.05, 3.63) is 0 Å². The molecule has 3 heteroatoms. The Morgan fingerprint density at radius 2 is 2.19 bits per heavy atom. The molecule has 1 amide bonds. The number of carbonyl (C=O) groups is 1.